The molecule has 2 atom stereocenters. The third-order valence-electron chi connectivity index (χ3n) is 7.76. The van der Waals surface area contributed by atoms with Crippen molar-refractivity contribution >= 4 is 5.97 Å². The van der Waals surface area contributed by atoms with Gasteiger partial charge in [0.25, 0.3) is 0 Å². The van der Waals surface area contributed by atoms with Gasteiger partial charge in [0.05, 0.1) is 11.8 Å². The monoisotopic (exact) mass is 476 g/mol. The third kappa shape index (κ3) is 7.66. The molecule has 1 aliphatic carbocycles. The maximum absolute atomic E-state index is 12.3. The number of allylic oxidation sites excluding steroid dienone is 2. The second kappa shape index (κ2) is 11.3. The first-order valence-corrected chi connectivity index (χ1v) is 13.3. The first-order valence-electron chi connectivity index (χ1n) is 13.3. The first kappa shape index (κ1) is 29.1. The summed E-state index contributed by atoms with van der Waals surface area (Å²) in [4.78, 5) is 14.6. The summed E-state index contributed by atoms with van der Waals surface area (Å²) in [6.07, 6.45) is 9.80. The van der Waals surface area contributed by atoms with E-state index in [0.29, 0.717) is 23.5 Å². The van der Waals surface area contributed by atoms with E-state index in [1.54, 1.807) is 6.92 Å². The van der Waals surface area contributed by atoms with Gasteiger partial charge in [-0.1, -0.05) is 59.3 Å². The Morgan fingerprint density at radius 1 is 1.12 bits per heavy atom. The number of hydrogen-bond donors (Lipinski definition) is 2. The molecular formula is C29H52N2O3. The fourth-order valence-electron chi connectivity index (χ4n) is 5.56. The number of rotatable bonds is 7. The number of ether oxygens (including phenoxy) is 1. The lowest BCUT2D eigenvalue weighted by Gasteiger charge is -2.50. The lowest BCUT2D eigenvalue weighted by molar-refractivity contribution is -0.142. The van der Waals surface area contributed by atoms with Crippen molar-refractivity contribution in [2.75, 3.05) is 6.54 Å². The van der Waals surface area contributed by atoms with Gasteiger partial charge in [-0.05, 0) is 83.0 Å². The largest absolute Gasteiger partial charge is 0.460 e. The number of aliphatic hydroxyl groups excluding tert-OH is 1. The summed E-state index contributed by atoms with van der Waals surface area (Å²) in [5.41, 5.74) is 2.15. The molecule has 1 aliphatic heterocycles. The van der Waals surface area contributed by atoms with E-state index in [1.165, 1.54) is 18.4 Å². The molecule has 1 saturated heterocycles. The van der Waals surface area contributed by atoms with Crippen LogP contribution in [0.25, 0.3) is 0 Å². The van der Waals surface area contributed by atoms with Gasteiger partial charge in [0.1, 0.15) is 6.23 Å². The van der Waals surface area contributed by atoms with E-state index in [0.717, 1.165) is 25.7 Å². The zero-order chi connectivity index (χ0) is 25.9. The molecule has 2 unspecified atom stereocenters. The van der Waals surface area contributed by atoms with Crippen molar-refractivity contribution in [3.8, 4) is 0 Å². The molecule has 1 heterocycles. The standard InChI is InChI=1S/C29H52N2O3/c1-20(2)34-26(33)22(4)12-11-21(3)24(15-16-27(5,6)7)31-25(32)19-30-29(31)17-13-23(14-18-29)28(8,9)10/h11-12,20,23-25,30,32H,13-19H2,1-10H3. The molecule has 2 fully saturated rings. The Bertz CT molecular complexity index is 746. The van der Waals surface area contributed by atoms with Crippen LogP contribution in [0.2, 0.25) is 0 Å². The van der Waals surface area contributed by atoms with E-state index in [2.05, 4.69) is 64.8 Å². The van der Waals surface area contributed by atoms with Gasteiger partial charge in [-0.2, -0.15) is 0 Å². The predicted molar refractivity (Wildman–Crippen MR) is 141 cm³/mol. The number of esters is 1. The summed E-state index contributed by atoms with van der Waals surface area (Å²) in [6.45, 7) is 22.2. The fourth-order valence-corrected chi connectivity index (χ4v) is 5.56. The Kier molecular flexibility index (Phi) is 9.63. The molecule has 2 rings (SSSR count). The SMILES string of the molecule is CC(=CC=C(C)C(CCC(C)(C)C)N1C(O)CNC12CCC(C(C)(C)C)CC2)C(=O)OC(C)C. The van der Waals surface area contributed by atoms with Crippen molar-refractivity contribution in [2.24, 2.45) is 16.7 Å². The Morgan fingerprint density at radius 2 is 1.71 bits per heavy atom. The molecule has 5 nitrogen and oxygen atoms in total. The topological polar surface area (TPSA) is 61.8 Å². The quantitative estimate of drug-likeness (QED) is 0.261. The van der Waals surface area contributed by atoms with Crippen LogP contribution in [0.15, 0.2) is 23.3 Å². The molecule has 196 valence electrons. The maximum Gasteiger partial charge on any atom is 0.333 e. The van der Waals surface area contributed by atoms with Crippen LogP contribution in [-0.2, 0) is 9.53 Å². The molecular weight excluding hydrogens is 424 g/mol. The van der Waals surface area contributed by atoms with Crippen molar-refractivity contribution < 1.29 is 14.6 Å². The van der Waals surface area contributed by atoms with Crippen molar-refractivity contribution in [1.29, 1.82) is 0 Å². The van der Waals surface area contributed by atoms with Crippen LogP contribution in [0, 0.1) is 16.7 Å². The molecule has 0 aromatic rings. The van der Waals surface area contributed by atoms with Crippen LogP contribution in [0.4, 0.5) is 0 Å². The van der Waals surface area contributed by atoms with Crippen molar-refractivity contribution in [3.05, 3.63) is 23.3 Å². The Hall–Kier alpha value is -1.17. The van der Waals surface area contributed by atoms with Gasteiger partial charge >= 0.3 is 5.97 Å². The molecule has 2 aliphatic rings. The second-order valence-electron chi connectivity index (χ2n) is 13.3. The zero-order valence-electron chi connectivity index (χ0n) is 23.6. The number of carbonyl (C=O) groups excluding carboxylic acids is 1. The molecule has 1 saturated carbocycles. The molecule has 1 spiro atoms. The van der Waals surface area contributed by atoms with Gasteiger partial charge in [0.2, 0.25) is 0 Å². The van der Waals surface area contributed by atoms with E-state index in [1.807, 2.05) is 19.9 Å². The molecule has 34 heavy (non-hydrogen) atoms. The summed E-state index contributed by atoms with van der Waals surface area (Å²) >= 11 is 0. The first-order chi connectivity index (χ1) is 15.6. The molecule has 0 aromatic carbocycles. The maximum atomic E-state index is 12.3. The lowest BCUT2D eigenvalue weighted by atomic mass is 9.69. The molecule has 0 bridgehead atoms. The van der Waals surface area contributed by atoms with E-state index in [-0.39, 0.29) is 29.2 Å². The third-order valence-corrected chi connectivity index (χ3v) is 7.76. The van der Waals surface area contributed by atoms with Crippen LogP contribution in [-0.4, -0.2) is 46.6 Å². The average molecular weight is 477 g/mol. The highest BCUT2D eigenvalue weighted by Gasteiger charge is 2.51. The number of carbonyl (C=O) groups is 1. The van der Waals surface area contributed by atoms with Crippen molar-refractivity contribution in [2.45, 2.75) is 132 Å². The van der Waals surface area contributed by atoms with Crippen LogP contribution < -0.4 is 5.32 Å². The molecule has 0 aromatic heterocycles. The Labute approximate surface area is 209 Å². The smallest absolute Gasteiger partial charge is 0.333 e. The molecule has 5 heteroatoms. The zero-order valence-corrected chi connectivity index (χ0v) is 23.6. The molecule has 2 N–H and O–H groups in total. The van der Waals surface area contributed by atoms with Crippen molar-refractivity contribution in [1.82, 2.24) is 10.2 Å². The molecule has 0 amide bonds. The van der Waals surface area contributed by atoms with Gasteiger partial charge in [-0.25, -0.2) is 4.79 Å². The number of nitrogens with zero attached hydrogens (tertiary/aromatic N) is 1. The van der Waals surface area contributed by atoms with Gasteiger partial charge in [0, 0.05) is 18.2 Å². The minimum atomic E-state index is -0.504. The van der Waals surface area contributed by atoms with E-state index in [9.17, 15) is 9.90 Å². The minimum absolute atomic E-state index is 0.112. The minimum Gasteiger partial charge on any atom is -0.460 e. The number of β-amino-alcohol motifs (C(OH)–C–C–N with tert-alkyl or cyclic N) is 1. The average Bonchev–Trinajstić information content (AvgIpc) is 3.00. The van der Waals surface area contributed by atoms with E-state index >= 15 is 0 Å². The highest BCUT2D eigenvalue weighted by molar-refractivity contribution is 5.88. The Balaban J connectivity index is 2.33. The number of aliphatic hydroxyl groups is 1. The number of nitrogens with one attached hydrogen (secondary N) is 1. The number of hydrogen-bond acceptors (Lipinski definition) is 5. The van der Waals surface area contributed by atoms with Crippen LogP contribution >= 0.6 is 0 Å². The highest BCUT2D eigenvalue weighted by atomic mass is 16.5. The molecule has 0 radical (unpaired) electrons. The van der Waals surface area contributed by atoms with E-state index in [4.69, 9.17) is 4.74 Å². The van der Waals surface area contributed by atoms with E-state index < -0.39 is 6.23 Å². The van der Waals surface area contributed by atoms with Gasteiger partial charge in [-0.15, -0.1) is 0 Å². The fraction of sp³-hybridized carbons (Fsp3) is 0.828. The van der Waals surface area contributed by atoms with Gasteiger partial charge in [0.15, 0.2) is 0 Å². The normalized spacial score (nSPS) is 28.6. The van der Waals surface area contributed by atoms with Gasteiger partial charge < -0.3 is 9.84 Å². The summed E-state index contributed by atoms with van der Waals surface area (Å²) in [6, 6.07) is 0.112. The van der Waals surface area contributed by atoms with Crippen LogP contribution in [0.3, 0.4) is 0 Å². The van der Waals surface area contributed by atoms with Gasteiger partial charge in [-0.3, -0.25) is 10.2 Å². The second-order valence-corrected chi connectivity index (χ2v) is 13.3. The highest BCUT2D eigenvalue weighted by Crippen LogP contribution is 2.46. The van der Waals surface area contributed by atoms with Crippen LogP contribution in [0.1, 0.15) is 108 Å². The Morgan fingerprint density at radius 3 is 2.21 bits per heavy atom. The lowest BCUT2D eigenvalue weighted by Crippen LogP contribution is -2.59. The van der Waals surface area contributed by atoms with Crippen molar-refractivity contribution in [3.63, 3.8) is 0 Å². The van der Waals surface area contributed by atoms with Crippen LogP contribution in [0.5, 0.6) is 0 Å². The summed E-state index contributed by atoms with van der Waals surface area (Å²) in [7, 11) is 0. The summed E-state index contributed by atoms with van der Waals surface area (Å²) in [5, 5.41) is 14.9. The summed E-state index contributed by atoms with van der Waals surface area (Å²) < 4.78 is 5.34. The summed E-state index contributed by atoms with van der Waals surface area (Å²) in [5.74, 6) is 0.437. The predicted octanol–water partition coefficient (Wildman–Crippen LogP) is 6.18.